The molecule has 0 aromatic heterocycles. The van der Waals surface area contributed by atoms with E-state index in [0.717, 1.165) is 36.9 Å². The van der Waals surface area contributed by atoms with E-state index in [1.807, 2.05) is 21.9 Å². The van der Waals surface area contributed by atoms with E-state index in [0.29, 0.717) is 49.0 Å². The number of carbonyl (C=O) groups is 1. The lowest BCUT2D eigenvalue weighted by atomic mass is 10.00. The first-order chi connectivity index (χ1) is 15.7. The lowest BCUT2D eigenvalue weighted by molar-refractivity contribution is -0.131. The fraction of sp³-hybridized carbons (Fsp3) is 0.435. The maximum Gasteiger partial charge on any atom is 0.242 e. The highest BCUT2D eigenvalue weighted by Gasteiger charge is 2.27. The monoisotopic (exact) mass is 494 g/mol. The molecule has 1 amide bonds. The molecular formula is C23H28ClFN4O3S. The molecule has 0 saturated carbocycles. The average Bonchev–Trinajstić information content (AvgIpc) is 2.76. The van der Waals surface area contributed by atoms with E-state index in [-0.39, 0.29) is 18.3 Å². The molecule has 10 heteroatoms. The van der Waals surface area contributed by atoms with E-state index in [2.05, 4.69) is 9.62 Å². The van der Waals surface area contributed by atoms with Crippen LogP contribution in [0, 0.1) is 5.82 Å². The average molecular weight is 495 g/mol. The number of nitrogens with zero attached hydrogens (tertiary/aromatic N) is 3. The topological polar surface area (TPSA) is 73.0 Å². The normalized spacial score (nSPS) is 17.1. The molecule has 1 saturated heterocycles. The van der Waals surface area contributed by atoms with Crippen molar-refractivity contribution >= 4 is 38.9 Å². The van der Waals surface area contributed by atoms with Gasteiger partial charge in [-0.05, 0) is 42.7 Å². The number of amides is 1. The minimum atomic E-state index is -3.38. The van der Waals surface area contributed by atoms with Gasteiger partial charge in [-0.15, -0.1) is 0 Å². The summed E-state index contributed by atoms with van der Waals surface area (Å²) in [6, 6.07) is 10.2. The lowest BCUT2D eigenvalue weighted by Gasteiger charge is -2.37. The predicted molar refractivity (Wildman–Crippen MR) is 129 cm³/mol. The van der Waals surface area contributed by atoms with E-state index in [4.69, 9.17) is 11.6 Å². The highest BCUT2D eigenvalue weighted by atomic mass is 35.5. The number of nitrogens with one attached hydrogen (secondary N) is 1. The molecule has 0 atom stereocenters. The van der Waals surface area contributed by atoms with Crippen molar-refractivity contribution in [2.24, 2.45) is 0 Å². The number of halogens is 2. The van der Waals surface area contributed by atoms with Crippen LogP contribution in [-0.2, 0) is 27.8 Å². The Balaban J connectivity index is 1.37. The number of piperazine rings is 1. The van der Waals surface area contributed by atoms with Crippen LogP contribution >= 0.6 is 11.6 Å². The van der Waals surface area contributed by atoms with Crippen molar-refractivity contribution in [3.8, 4) is 0 Å². The summed E-state index contributed by atoms with van der Waals surface area (Å²) in [7, 11) is -3.38. The standard InChI is InChI=1S/C23H28ClFN4O3S/c1-33(31,32)26-21-8-3-9-22-17(21)5-4-10-29(22)16-23(30)28-13-11-27(12-14-28)15-18-19(24)6-2-7-20(18)25/h2-3,6-9,26H,4-5,10-16H2,1H3. The molecule has 33 heavy (non-hydrogen) atoms. The number of rotatable bonds is 6. The zero-order valence-corrected chi connectivity index (χ0v) is 20.1. The molecule has 1 fully saturated rings. The summed E-state index contributed by atoms with van der Waals surface area (Å²) in [5.41, 5.74) is 2.89. The van der Waals surface area contributed by atoms with Crippen LogP contribution in [0.4, 0.5) is 15.8 Å². The Morgan fingerprint density at radius 3 is 2.52 bits per heavy atom. The highest BCUT2D eigenvalue weighted by molar-refractivity contribution is 7.92. The third kappa shape index (κ3) is 5.77. The number of anilines is 2. The summed E-state index contributed by atoms with van der Waals surface area (Å²) in [6.45, 7) is 3.85. The zero-order valence-electron chi connectivity index (χ0n) is 18.6. The Hall–Kier alpha value is -2.36. The van der Waals surface area contributed by atoms with E-state index in [1.54, 1.807) is 18.2 Å². The quantitative estimate of drug-likeness (QED) is 0.668. The smallest absolute Gasteiger partial charge is 0.242 e. The molecular weight excluding hydrogens is 467 g/mol. The van der Waals surface area contributed by atoms with Crippen LogP contribution in [0.1, 0.15) is 17.5 Å². The van der Waals surface area contributed by atoms with Gasteiger partial charge in [-0.2, -0.15) is 0 Å². The van der Waals surface area contributed by atoms with Crippen molar-refractivity contribution in [1.82, 2.24) is 9.80 Å². The van der Waals surface area contributed by atoms with Gasteiger partial charge in [0.05, 0.1) is 18.5 Å². The summed E-state index contributed by atoms with van der Waals surface area (Å²) in [5.74, 6) is -0.276. The number of sulfonamides is 1. The van der Waals surface area contributed by atoms with E-state index >= 15 is 0 Å². The van der Waals surface area contributed by atoms with Gasteiger partial charge in [0, 0.05) is 55.5 Å². The van der Waals surface area contributed by atoms with Crippen LogP contribution in [0.25, 0.3) is 0 Å². The number of carbonyl (C=O) groups excluding carboxylic acids is 1. The fourth-order valence-electron chi connectivity index (χ4n) is 4.49. The molecule has 0 bridgehead atoms. The molecule has 2 aliphatic rings. The zero-order chi connectivity index (χ0) is 23.6. The van der Waals surface area contributed by atoms with Crippen LogP contribution in [0.3, 0.4) is 0 Å². The largest absolute Gasteiger partial charge is 0.362 e. The van der Waals surface area contributed by atoms with Gasteiger partial charge in [0.2, 0.25) is 15.9 Å². The van der Waals surface area contributed by atoms with Crippen LogP contribution in [0.2, 0.25) is 5.02 Å². The number of hydrogen-bond donors (Lipinski definition) is 1. The molecule has 2 aromatic rings. The molecule has 1 N–H and O–H groups in total. The third-order valence-electron chi connectivity index (χ3n) is 6.14. The van der Waals surface area contributed by atoms with Gasteiger partial charge in [-0.1, -0.05) is 23.7 Å². The second kappa shape index (κ2) is 9.87. The minimum Gasteiger partial charge on any atom is -0.362 e. The molecule has 0 spiro atoms. The van der Waals surface area contributed by atoms with E-state index < -0.39 is 10.0 Å². The van der Waals surface area contributed by atoms with Crippen molar-refractivity contribution in [1.29, 1.82) is 0 Å². The molecule has 2 aliphatic heterocycles. The van der Waals surface area contributed by atoms with Crippen molar-refractivity contribution < 1.29 is 17.6 Å². The molecule has 2 aromatic carbocycles. The van der Waals surface area contributed by atoms with Gasteiger partial charge in [0.1, 0.15) is 5.82 Å². The van der Waals surface area contributed by atoms with Gasteiger partial charge in [0.15, 0.2) is 0 Å². The summed E-state index contributed by atoms with van der Waals surface area (Å²) in [5, 5.41) is 0.419. The maximum atomic E-state index is 14.1. The number of fused-ring (bicyclic) bond motifs is 1. The first-order valence-electron chi connectivity index (χ1n) is 11.0. The summed E-state index contributed by atoms with van der Waals surface area (Å²) in [4.78, 5) is 19.0. The Bertz CT molecular complexity index is 1120. The van der Waals surface area contributed by atoms with Crippen LogP contribution in [0.5, 0.6) is 0 Å². The summed E-state index contributed by atoms with van der Waals surface area (Å²) in [6.07, 6.45) is 2.74. The third-order valence-corrected chi connectivity index (χ3v) is 7.08. The SMILES string of the molecule is CS(=O)(=O)Nc1cccc2c1CCCN2CC(=O)N1CCN(Cc2c(F)cccc2Cl)CC1. The molecule has 4 rings (SSSR count). The second-order valence-electron chi connectivity index (χ2n) is 8.56. The van der Waals surface area contributed by atoms with Crippen LogP contribution in [0.15, 0.2) is 36.4 Å². The molecule has 2 heterocycles. The van der Waals surface area contributed by atoms with Crippen molar-refractivity contribution in [2.75, 3.05) is 55.1 Å². The maximum absolute atomic E-state index is 14.1. The summed E-state index contributed by atoms with van der Waals surface area (Å²) >= 11 is 6.15. The van der Waals surface area contributed by atoms with E-state index in [1.165, 1.54) is 6.07 Å². The van der Waals surface area contributed by atoms with Crippen molar-refractivity contribution in [2.45, 2.75) is 19.4 Å². The molecule has 178 valence electrons. The van der Waals surface area contributed by atoms with Gasteiger partial charge in [-0.25, -0.2) is 12.8 Å². The first-order valence-corrected chi connectivity index (χ1v) is 13.3. The number of hydrogen-bond acceptors (Lipinski definition) is 5. The second-order valence-corrected chi connectivity index (χ2v) is 10.7. The van der Waals surface area contributed by atoms with Gasteiger partial charge >= 0.3 is 0 Å². The Labute approximate surface area is 199 Å². The Morgan fingerprint density at radius 2 is 1.82 bits per heavy atom. The summed E-state index contributed by atoms with van der Waals surface area (Å²) < 4.78 is 40.1. The van der Waals surface area contributed by atoms with Crippen LogP contribution < -0.4 is 9.62 Å². The Morgan fingerprint density at radius 1 is 1.09 bits per heavy atom. The minimum absolute atomic E-state index is 0.0351. The predicted octanol–water partition coefficient (Wildman–Crippen LogP) is 2.95. The fourth-order valence-corrected chi connectivity index (χ4v) is 5.30. The van der Waals surface area contributed by atoms with Gasteiger partial charge < -0.3 is 9.80 Å². The highest BCUT2D eigenvalue weighted by Crippen LogP contribution is 2.33. The van der Waals surface area contributed by atoms with E-state index in [9.17, 15) is 17.6 Å². The number of benzene rings is 2. The van der Waals surface area contributed by atoms with Crippen molar-refractivity contribution in [3.63, 3.8) is 0 Å². The molecule has 7 nitrogen and oxygen atoms in total. The molecule has 0 unspecified atom stereocenters. The first kappa shape index (κ1) is 23.8. The molecule has 0 radical (unpaired) electrons. The lowest BCUT2D eigenvalue weighted by Crippen LogP contribution is -2.51. The van der Waals surface area contributed by atoms with Gasteiger partial charge in [-0.3, -0.25) is 14.4 Å². The van der Waals surface area contributed by atoms with Crippen LogP contribution in [-0.4, -0.2) is 69.6 Å². The van der Waals surface area contributed by atoms with Gasteiger partial charge in [0.25, 0.3) is 0 Å². The molecule has 0 aliphatic carbocycles. The Kier molecular flexibility index (Phi) is 7.11. The van der Waals surface area contributed by atoms with Crippen molar-refractivity contribution in [3.05, 3.63) is 58.4 Å².